The third kappa shape index (κ3) is 1.72. The number of nitrogens with one attached hydrogen (secondary N) is 1. The quantitative estimate of drug-likeness (QED) is 0.542. The molecule has 0 heterocycles. The molecule has 0 saturated heterocycles. The number of benzene rings is 1. The SMILES string of the molecule is N=NC(C=O)c1ccc(F)cc1. The van der Waals surface area contributed by atoms with Crippen molar-refractivity contribution in [1.82, 2.24) is 0 Å². The summed E-state index contributed by atoms with van der Waals surface area (Å²) in [5.41, 5.74) is 7.18. The Morgan fingerprint density at radius 2 is 2.00 bits per heavy atom. The lowest BCUT2D eigenvalue weighted by Crippen LogP contribution is -1.94. The van der Waals surface area contributed by atoms with E-state index in [0.717, 1.165) is 0 Å². The van der Waals surface area contributed by atoms with Crippen molar-refractivity contribution in [2.75, 3.05) is 0 Å². The van der Waals surface area contributed by atoms with Crippen LogP contribution in [0.15, 0.2) is 29.4 Å². The zero-order chi connectivity index (χ0) is 8.97. The number of halogens is 1. The standard InChI is InChI=1S/C8H7FN2O/c9-7-3-1-6(2-4-7)8(5-12)11-10/h1-5,8,10H. The minimum Gasteiger partial charge on any atom is -0.301 e. The van der Waals surface area contributed by atoms with Crippen molar-refractivity contribution in [2.24, 2.45) is 5.11 Å². The van der Waals surface area contributed by atoms with Gasteiger partial charge in [-0.15, -0.1) is 0 Å². The lowest BCUT2D eigenvalue weighted by atomic mass is 10.1. The van der Waals surface area contributed by atoms with Gasteiger partial charge in [0.1, 0.15) is 5.82 Å². The van der Waals surface area contributed by atoms with Gasteiger partial charge in [0, 0.05) is 0 Å². The molecule has 0 saturated carbocycles. The maximum Gasteiger partial charge on any atom is 0.151 e. The zero-order valence-corrected chi connectivity index (χ0v) is 6.20. The monoisotopic (exact) mass is 166 g/mol. The van der Waals surface area contributed by atoms with Gasteiger partial charge in [-0.1, -0.05) is 12.1 Å². The molecule has 1 rings (SSSR count). The summed E-state index contributed by atoms with van der Waals surface area (Å²) in [6.45, 7) is 0. The average Bonchev–Trinajstić information content (AvgIpc) is 2.10. The molecule has 4 heteroatoms. The van der Waals surface area contributed by atoms with Gasteiger partial charge < -0.3 is 4.79 Å². The molecule has 1 aromatic rings. The van der Waals surface area contributed by atoms with E-state index in [1.807, 2.05) is 0 Å². The van der Waals surface area contributed by atoms with Crippen LogP contribution in [0.1, 0.15) is 11.6 Å². The summed E-state index contributed by atoms with van der Waals surface area (Å²) in [4.78, 5) is 10.3. The Morgan fingerprint density at radius 3 is 2.42 bits per heavy atom. The van der Waals surface area contributed by atoms with E-state index < -0.39 is 6.04 Å². The summed E-state index contributed by atoms with van der Waals surface area (Å²) in [5, 5.41) is 3.07. The van der Waals surface area contributed by atoms with Crippen molar-refractivity contribution in [3.8, 4) is 0 Å². The van der Waals surface area contributed by atoms with Crippen LogP contribution in [0.25, 0.3) is 0 Å². The smallest absolute Gasteiger partial charge is 0.151 e. The summed E-state index contributed by atoms with van der Waals surface area (Å²) < 4.78 is 12.4. The van der Waals surface area contributed by atoms with Gasteiger partial charge in [-0.2, -0.15) is 5.11 Å². The van der Waals surface area contributed by atoms with Gasteiger partial charge in [0.25, 0.3) is 0 Å². The molecule has 1 unspecified atom stereocenters. The molecule has 0 amide bonds. The van der Waals surface area contributed by atoms with Crippen LogP contribution < -0.4 is 0 Å². The third-order valence-electron chi connectivity index (χ3n) is 1.48. The van der Waals surface area contributed by atoms with Crippen molar-refractivity contribution in [3.63, 3.8) is 0 Å². The number of hydrogen-bond acceptors (Lipinski definition) is 3. The lowest BCUT2D eigenvalue weighted by Gasteiger charge is -2.01. The summed E-state index contributed by atoms with van der Waals surface area (Å²) >= 11 is 0. The van der Waals surface area contributed by atoms with Gasteiger partial charge in [0.15, 0.2) is 12.3 Å². The first-order valence-electron chi connectivity index (χ1n) is 3.35. The minimum absolute atomic E-state index is 0.367. The molecule has 0 bridgehead atoms. The molecule has 62 valence electrons. The van der Waals surface area contributed by atoms with Crippen molar-refractivity contribution in [2.45, 2.75) is 6.04 Å². The van der Waals surface area contributed by atoms with Crippen LogP contribution in [0.2, 0.25) is 0 Å². The van der Waals surface area contributed by atoms with Crippen LogP contribution >= 0.6 is 0 Å². The molecule has 0 radical (unpaired) electrons. The van der Waals surface area contributed by atoms with Crippen molar-refractivity contribution >= 4 is 6.29 Å². The van der Waals surface area contributed by atoms with E-state index in [2.05, 4.69) is 5.11 Å². The van der Waals surface area contributed by atoms with Crippen LogP contribution in [-0.4, -0.2) is 6.29 Å². The van der Waals surface area contributed by atoms with Crippen LogP contribution in [0.3, 0.4) is 0 Å². The number of nitrogens with zero attached hydrogens (tertiary/aromatic N) is 1. The first-order chi connectivity index (χ1) is 5.77. The summed E-state index contributed by atoms with van der Waals surface area (Å²) in [6, 6.07) is 4.54. The number of rotatable bonds is 3. The third-order valence-corrected chi connectivity index (χ3v) is 1.48. The molecular weight excluding hydrogens is 159 g/mol. The number of carbonyl (C=O) groups excluding carboxylic acids is 1. The maximum atomic E-state index is 12.4. The predicted octanol–water partition coefficient (Wildman–Crippen LogP) is 2.10. The molecule has 3 nitrogen and oxygen atoms in total. The largest absolute Gasteiger partial charge is 0.301 e. The van der Waals surface area contributed by atoms with Gasteiger partial charge in [0.2, 0.25) is 0 Å². The highest BCUT2D eigenvalue weighted by atomic mass is 19.1. The molecule has 0 spiro atoms. The Bertz CT molecular complexity index is 276. The molecular formula is C8H7FN2O. The molecule has 1 aromatic carbocycles. The fourth-order valence-corrected chi connectivity index (χ4v) is 0.843. The lowest BCUT2D eigenvalue weighted by molar-refractivity contribution is -0.109. The minimum atomic E-state index is -0.800. The molecule has 1 atom stereocenters. The number of carbonyl (C=O) groups is 1. The maximum absolute atomic E-state index is 12.4. The van der Waals surface area contributed by atoms with Gasteiger partial charge >= 0.3 is 0 Å². The van der Waals surface area contributed by atoms with Gasteiger partial charge in [-0.25, -0.2) is 9.92 Å². The zero-order valence-electron chi connectivity index (χ0n) is 6.20. The van der Waals surface area contributed by atoms with Crippen molar-refractivity contribution in [3.05, 3.63) is 35.6 Å². The summed E-state index contributed by atoms with van der Waals surface area (Å²) in [6.07, 6.45) is 0.542. The van der Waals surface area contributed by atoms with E-state index in [9.17, 15) is 9.18 Å². The molecule has 1 N–H and O–H groups in total. The van der Waals surface area contributed by atoms with E-state index in [1.165, 1.54) is 24.3 Å². The Balaban J connectivity index is 2.94. The van der Waals surface area contributed by atoms with Crippen LogP contribution in [0, 0.1) is 11.3 Å². The second-order valence-corrected chi connectivity index (χ2v) is 2.26. The predicted molar refractivity (Wildman–Crippen MR) is 40.4 cm³/mol. The molecule has 12 heavy (non-hydrogen) atoms. The van der Waals surface area contributed by atoms with E-state index >= 15 is 0 Å². The Morgan fingerprint density at radius 1 is 1.42 bits per heavy atom. The Labute approximate surface area is 68.7 Å². The highest BCUT2D eigenvalue weighted by Gasteiger charge is 2.06. The Hall–Kier alpha value is -1.58. The van der Waals surface area contributed by atoms with Crippen molar-refractivity contribution in [1.29, 1.82) is 5.53 Å². The van der Waals surface area contributed by atoms with Gasteiger partial charge in [0.05, 0.1) is 0 Å². The Kier molecular flexibility index (Phi) is 2.63. The normalized spacial score (nSPS) is 12.1. The molecule has 0 aliphatic heterocycles. The molecule has 0 aliphatic carbocycles. The van der Waals surface area contributed by atoms with Gasteiger partial charge in [-0.3, -0.25) is 0 Å². The highest BCUT2D eigenvalue weighted by Crippen LogP contribution is 2.14. The molecule has 0 aromatic heterocycles. The molecule has 0 fully saturated rings. The van der Waals surface area contributed by atoms with Crippen LogP contribution in [-0.2, 0) is 4.79 Å². The second-order valence-electron chi connectivity index (χ2n) is 2.26. The van der Waals surface area contributed by atoms with Gasteiger partial charge in [-0.05, 0) is 17.7 Å². The summed E-state index contributed by atoms with van der Waals surface area (Å²) in [5.74, 6) is -0.367. The van der Waals surface area contributed by atoms with Crippen molar-refractivity contribution < 1.29 is 9.18 Å². The topological polar surface area (TPSA) is 53.3 Å². The van der Waals surface area contributed by atoms with E-state index in [1.54, 1.807) is 0 Å². The summed E-state index contributed by atoms with van der Waals surface area (Å²) in [7, 11) is 0. The number of aldehydes is 1. The first kappa shape index (κ1) is 8.52. The van der Waals surface area contributed by atoms with E-state index in [-0.39, 0.29) is 5.82 Å². The fourth-order valence-electron chi connectivity index (χ4n) is 0.843. The van der Waals surface area contributed by atoms with Crippen LogP contribution in [0.4, 0.5) is 4.39 Å². The average molecular weight is 166 g/mol. The fraction of sp³-hybridized carbons (Fsp3) is 0.125. The highest BCUT2D eigenvalue weighted by molar-refractivity contribution is 5.61. The first-order valence-corrected chi connectivity index (χ1v) is 3.35. The second kappa shape index (κ2) is 3.71. The molecule has 0 aliphatic rings. The number of hydrogen-bond donors (Lipinski definition) is 1. The van der Waals surface area contributed by atoms with Crippen LogP contribution in [0.5, 0.6) is 0 Å². The van der Waals surface area contributed by atoms with E-state index in [4.69, 9.17) is 5.53 Å². The van der Waals surface area contributed by atoms with E-state index in [0.29, 0.717) is 11.8 Å².